The first-order valence-electron chi connectivity index (χ1n) is 13.4. The van der Waals surface area contributed by atoms with Gasteiger partial charge in [-0.25, -0.2) is 14.4 Å². The van der Waals surface area contributed by atoms with Crippen molar-refractivity contribution in [2.75, 3.05) is 13.2 Å². The molecule has 1 aromatic rings. The molecular weight excluding hydrogens is 526 g/mol. The fraction of sp³-hybridized carbons (Fsp3) is 0.643. The first kappa shape index (κ1) is 34.5. The molecule has 0 aliphatic carbocycles. The van der Waals surface area contributed by atoms with E-state index < -0.39 is 48.6 Å². The van der Waals surface area contributed by atoms with E-state index in [0.29, 0.717) is 24.3 Å². The van der Waals surface area contributed by atoms with E-state index in [-0.39, 0.29) is 37.1 Å². The number of carboxylic acids is 1. The lowest BCUT2D eigenvalue weighted by Crippen LogP contribution is -2.38. The summed E-state index contributed by atoms with van der Waals surface area (Å²) in [7, 11) is 0. The van der Waals surface area contributed by atoms with Crippen LogP contribution in [0.5, 0.6) is 11.5 Å². The van der Waals surface area contributed by atoms with Crippen molar-refractivity contribution >= 4 is 24.4 Å². The molecule has 0 saturated heterocycles. The fourth-order valence-corrected chi connectivity index (χ4v) is 3.37. The van der Waals surface area contributed by atoms with Gasteiger partial charge in [0.2, 0.25) is 0 Å². The first-order chi connectivity index (χ1) is 18.7. The van der Waals surface area contributed by atoms with Gasteiger partial charge in [0, 0.05) is 5.92 Å². The van der Waals surface area contributed by atoms with Crippen molar-refractivity contribution in [1.29, 1.82) is 0 Å². The highest BCUT2D eigenvalue weighted by Crippen LogP contribution is 2.35. The zero-order valence-electron chi connectivity index (χ0n) is 24.3. The van der Waals surface area contributed by atoms with E-state index in [1.165, 1.54) is 18.2 Å². The summed E-state index contributed by atoms with van der Waals surface area (Å²) in [5.41, 5.74) is 6.31. The van der Waals surface area contributed by atoms with Crippen LogP contribution in [0.3, 0.4) is 0 Å². The van der Waals surface area contributed by atoms with E-state index in [2.05, 4.69) is 0 Å². The molecule has 1 aromatic carbocycles. The minimum absolute atomic E-state index is 0.00359. The summed E-state index contributed by atoms with van der Waals surface area (Å²) < 4.78 is 31.0. The lowest BCUT2D eigenvalue weighted by molar-refractivity contribution is -0.139. The second-order valence-electron chi connectivity index (χ2n) is 10.5. The van der Waals surface area contributed by atoms with Crippen LogP contribution in [-0.2, 0) is 23.7 Å². The summed E-state index contributed by atoms with van der Waals surface area (Å²) in [6.07, 6.45) is -2.90. The molecule has 2 unspecified atom stereocenters. The van der Waals surface area contributed by atoms with Crippen LogP contribution in [-0.4, -0.2) is 61.0 Å². The molecular formula is C28H43NO11. The molecule has 0 bridgehead atoms. The van der Waals surface area contributed by atoms with Gasteiger partial charge in [0.15, 0.2) is 11.5 Å². The summed E-state index contributed by atoms with van der Waals surface area (Å²) in [6.45, 7) is 13.0. The average Bonchev–Trinajstić information content (AvgIpc) is 2.82. The van der Waals surface area contributed by atoms with Gasteiger partial charge in [0.25, 0.3) is 0 Å². The number of nitrogens with two attached hydrogens (primary N) is 1. The Labute approximate surface area is 235 Å². The zero-order valence-corrected chi connectivity index (χ0v) is 24.3. The number of carbonyl (C=O) groups excluding carboxylic acids is 3. The zero-order chi connectivity index (χ0) is 30.4. The topological polar surface area (TPSA) is 170 Å². The molecule has 0 saturated carbocycles. The van der Waals surface area contributed by atoms with Gasteiger partial charge >= 0.3 is 24.4 Å². The summed E-state index contributed by atoms with van der Waals surface area (Å²) in [6, 6.07) is 2.72. The number of benzene rings is 1. The van der Waals surface area contributed by atoms with Gasteiger partial charge in [0.1, 0.15) is 12.1 Å². The molecule has 3 atom stereocenters. The van der Waals surface area contributed by atoms with Crippen molar-refractivity contribution in [3.63, 3.8) is 0 Å². The van der Waals surface area contributed by atoms with Crippen molar-refractivity contribution in [3.05, 3.63) is 23.8 Å². The lowest BCUT2D eigenvalue weighted by atomic mass is 9.87. The highest BCUT2D eigenvalue weighted by molar-refractivity contribution is 5.75. The Hall–Kier alpha value is -3.54. The van der Waals surface area contributed by atoms with Crippen LogP contribution in [0.1, 0.15) is 79.2 Å². The third-order valence-corrected chi connectivity index (χ3v) is 5.55. The van der Waals surface area contributed by atoms with E-state index in [1.807, 2.05) is 27.7 Å². The highest BCUT2D eigenvalue weighted by atomic mass is 16.7. The van der Waals surface area contributed by atoms with Gasteiger partial charge in [-0.1, -0.05) is 33.8 Å². The average molecular weight is 570 g/mol. The Kier molecular flexibility index (Phi) is 14.8. The second-order valence-corrected chi connectivity index (χ2v) is 10.5. The smallest absolute Gasteiger partial charge is 0.480 e. The normalized spacial score (nSPS) is 13.4. The first-order valence-corrected chi connectivity index (χ1v) is 13.4. The van der Waals surface area contributed by atoms with Gasteiger partial charge in [0.05, 0.1) is 19.3 Å². The molecule has 12 heteroatoms. The van der Waals surface area contributed by atoms with Crippen LogP contribution in [0.15, 0.2) is 18.2 Å². The largest absolute Gasteiger partial charge is 0.513 e. The number of hydrogen-bond donors (Lipinski definition) is 2. The number of carbonyl (C=O) groups is 4. The van der Waals surface area contributed by atoms with E-state index in [0.717, 1.165) is 0 Å². The SMILES string of the molecule is CC(C)CCOC(=O)Oc1ccc(C(CC(C)OC(=O)OC(C)C)[C@H](N)C(=O)O)cc1OC(=O)OCCC(C)C. The number of ether oxygens (including phenoxy) is 6. The number of rotatable bonds is 15. The van der Waals surface area contributed by atoms with Gasteiger partial charge in [-0.15, -0.1) is 0 Å². The molecule has 1 rings (SSSR count). The third kappa shape index (κ3) is 13.5. The van der Waals surface area contributed by atoms with E-state index >= 15 is 0 Å². The molecule has 0 fully saturated rings. The second kappa shape index (κ2) is 17.2. The van der Waals surface area contributed by atoms with Gasteiger partial charge in [-0.2, -0.15) is 0 Å². The molecule has 0 radical (unpaired) electrons. The van der Waals surface area contributed by atoms with Gasteiger partial charge < -0.3 is 39.3 Å². The van der Waals surface area contributed by atoms with E-state index in [1.54, 1.807) is 20.8 Å². The molecule has 226 valence electrons. The molecule has 0 aromatic heterocycles. The predicted octanol–water partition coefficient (Wildman–Crippen LogP) is 5.65. The van der Waals surface area contributed by atoms with Crippen LogP contribution in [0.2, 0.25) is 0 Å². The summed E-state index contributed by atoms with van der Waals surface area (Å²) in [5.74, 6) is -1.96. The van der Waals surface area contributed by atoms with E-state index in [9.17, 15) is 24.3 Å². The minimum Gasteiger partial charge on any atom is -0.480 e. The molecule has 0 amide bonds. The maximum Gasteiger partial charge on any atom is 0.513 e. The summed E-state index contributed by atoms with van der Waals surface area (Å²) in [5, 5.41) is 9.63. The van der Waals surface area contributed by atoms with Crippen molar-refractivity contribution in [2.24, 2.45) is 17.6 Å². The number of aliphatic carboxylic acids is 1. The molecule has 0 aliphatic heterocycles. The molecule has 40 heavy (non-hydrogen) atoms. The van der Waals surface area contributed by atoms with Crippen molar-refractivity contribution in [2.45, 2.75) is 91.9 Å². The van der Waals surface area contributed by atoms with Crippen LogP contribution >= 0.6 is 0 Å². The van der Waals surface area contributed by atoms with Crippen LogP contribution < -0.4 is 15.2 Å². The third-order valence-electron chi connectivity index (χ3n) is 5.55. The Balaban J connectivity index is 3.25. The van der Waals surface area contributed by atoms with Crippen molar-refractivity contribution in [1.82, 2.24) is 0 Å². The Bertz CT molecular complexity index is 977. The van der Waals surface area contributed by atoms with E-state index in [4.69, 9.17) is 34.2 Å². The van der Waals surface area contributed by atoms with Gasteiger partial charge in [-0.05, 0) is 69.6 Å². The quantitative estimate of drug-likeness (QED) is 0.151. The lowest BCUT2D eigenvalue weighted by Gasteiger charge is -2.25. The highest BCUT2D eigenvalue weighted by Gasteiger charge is 2.30. The predicted molar refractivity (Wildman–Crippen MR) is 144 cm³/mol. The molecule has 3 N–H and O–H groups in total. The number of carboxylic acid groups (broad SMARTS) is 1. The monoisotopic (exact) mass is 569 g/mol. The Morgan fingerprint density at radius 2 is 1.30 bits per heavy atom. The molecule has 0 heterocycles. The van der Waals surface area contributed by atoms with Crippen molar-refractivity contribution < 1.29 is 52.7 Å². The molecule has 0 aliphatic rings. The Morgan fingerprint density at radius 3 is 1.77 bits per heavy atom. The summed E-state index contributed by atoms with van der Waals surface area (Å²) in [4.78, 5) is 48.4. The van der Waals surface area contributed by atoms with Crippen LogP contribution in [0.4, 0.5) is 14.4 Å². The van der Waals surface area contributed by atoms with Crippen LogP contribution in [0.25, 0.3) is 0 Å². The Morgan fingerprint density at radius 1 is 0.775 bits per heavy atom. The van der Waals surface area contributed by atoms with Gasteiger partial charge in [-0.3, -0.25) is 4.79 Å². The fourth-order valence-electron chi connectivity index (χ4n) is 3.37. The standard InChI is InChI=1S/C28H43NO11/c1-16(2)10-12-35-26(32)39-22-9-8-20(15-23(22)40-27(33)36-13-11-17(3)4)21(24(29)25(30)31)14-19(7)38-28(34)37-18(5)6/h8-9,15-19,21,24H,10-14,29H2,1-7H3,(H,30,31)/t19?,21?,24-/m0/s1. The minimum atomic E-state index is -1.41. The summed E-state index contributed by atoms with van der Waals surface area (Å²) >= 11 is 0. The maximum atomic E-state index is 12.4. The maximum absolute atomic E-state index is 12.4. The molecule has 12 nitrogen and oxygen atoms in total. The molecule has 0 spiro atoms. The number of hydrogen-bond acceptors (Lipinski definition) is 11. The van der Waals surface area contributed by atoms with Crippen LogP contribution in [0, 0.1) is 11.8 Å². The van der Waals surface area contributed by atoms with Crippen molar-refractivity contribution in [3.8, 4) is 11.5 Å².